The Balaban J connectivity index is 1.48. The third-order valence-corrected chi connectivity index (χ3v) is 7.07. The van der Waals surface area contributed by atoms with E-state index in [1.54, 1.807) is 24.3 Å². The van der Waals surface area contributed by atoms with Gasteiger partial charge in [0.15, 0.2) is 11.5 Å². The van der Waals surface area contributed by atoms with E-state index in [-0.39, 0.29) is 11.4 Å². The molecule has 0 aliphatic carbocycles. The lowest BCUT2D eigenvalue weighted by Gasteiger charge is -2.15. The van der Waals surface area contributed by atoms with Crippen molar-refractivity contribution in [1.29, 1.82) is 0 Å². The number of nitrogens with one attached hydrogen (secondary N) is 1. The van der Waals surface area contributed by atoms with E-state index in [2.05, 4.69) is 27.9 Å². The normalized spacial score (nSPS) is 14.2. The molecule has 1 aliphatic heterocycles. The monoisotopic (exact) mass is 628 g/mol. The van der Waals surface area contributed by atoms with Crippen molar-refractivity contribution in [3.63, 3.8) is 0 Å². The fourth-order valence-electron chi connectivity index (χ4n) is 3.57. The second-order valence-electron chi connectivity index (χ2n) is 8.22. The summed E-state index contributed by atoms with van der Waals surface area (Å²) in [4.78, 5) is 39.1. The molecule has 7 nitrogen and oxygen atoms in total. The maximum absolute atomic E-state index is 13.0. The van der Waals surface area contributed by atoms with Gasteiger partial charge in [-0.1, -0.05) is 48.0 Å². The summed E-state index contributed by atoms with van der Waals surface area (Å²) in [6.07, 6.45) is 1.63. The maximum atomic E-state index is 13.0. The Morgan fingerprint density at radius 3 is 2.49 bits per heavy atom. The number of benzene rings is 3. The van der Waals surface area contributed by atoms with Crippen LogP contribution >= 0.6 is 34.4 Å². The predicted octanol–water partition coefficient (Wildman–Crippen LogP) is 6.25. The van der Waals surface area contributed by atoms with Crippen molar-refractivity contribution < 1.29 is 23.9 Å². The topological polar surface area (TPSA) is 84.9 Å². The number of carbonyl (C=O) groups excluding carboxylic acids is 3. The summed E-state index contributed by atoms with van der Waals surface area (Å²) in [7, 11) is 0. The van der Waals surface area contributed by atoms with Crippen LogP contribution in [0.4, 0.5) is 10.5 Å². The molecule has 190 valence electrons. The quantitative estimate of drug-likeness (QED) is 0.223. The molecule has 0 saturated carbocycles. The lowest BCUT2D eigenvalue weighted by Crippen LogP contribution is -2.36. The second kappa shape index (κ2) is 12.3. The van der Waals surface area contributed by atoms with Crippen molar-refractivity contribution in [2.45, 2.75) is 20.5 Å². The van der Waals surface area contributed by atoms with Gasteiger partial charge in [0, 0.05) is 5.69 Å². The van der Waals surface area contributed by atoms with Crippen LogP contribution in [0.1, 0.15) is 23.6 Å². The first-order valence-corrected chi connectivity index (χ1v) is 13.5. The first-order valence-electron chi connectivity index (χ1n) is 11.6. The Labute approximate surface area is 233 Å². The van der Waals surface area contributed by atoms with E-state index in [1.165, 1.54) is 0 Å². The number of halogens is 1. The molecule has 0 atom stereocenters. The van der Waals surface area contributed by atoms with Crippen molar-refractivity contribution >= 4 is 63.2 Å². The zero-order chi connectivity index (χ0) is 26.4. The van der Waals surface area contributed by atoms with Crippen molar-refractivity contribution in [1.82, 2.24) is 4.90 Å². The highest BCUT2D eigenvalue weighted by Crippen LogP contribution is 2.38. The highest BCUT2D eigenvalue weighted by Gasteiger charge is 2.36. The van der Waals surface area contributed by atoms with Crippen LogP contribution in [0, 0.1) is 10.5 Å². The fourth-order valence-corrected chi connectivity index (χ4v) is 5.19. The average Bonchev–Trinajstić information content (AvgIpc) is 3.13. The number of ether oxygens (including phenoxy) is 2. The Hall–Kier alpha value is -3.31. The van der Waals surface area contributed by atoms with E-state index in [9.17, 15) is 14.4 Å². The molecule has 0 spiro atoms. The van der Waals surface area contributed by atoms with E-state index in [0.717, 1.165) is 31.4 Å². The van der Waals surface area contributed by atoms with Gasteiger partial charge in [0.25, 0.3) is 11.1 Å². The molecule has 3 amide bonds. The third kappa shape index (κ3) is 6.92. The fraction of sp³-hybridized carbons (Fsp3) is 0.179. The molecule has 1 aliphatic rings. The molecule has 1 saturated heterocycles. The van der Waals surface area contributed by atoms with E-state index in [1.807, 2.05) is 62.4 Å². The predicted molar refractivity (Wildman–Crippen MR) is 154 cm³/mol. The number of aryl methyl sites for hydroxylation is 1. The number of thioether (sulfide) groups is 1. The van der Waals surface area contributed by atoms with Crippen molar-refractivity contribution in [2.24, 2.45) is 0 Å². The first kappa shape index (κ1) is 26.7. The number of hydrogen-bond acceptors (Lipinski definition) is 6. The summed E-state index contributed by atoms with van der Waals surface area (Å²) in [6, 6.07) is 20.7. The molecule has 1 fully saturated rings. The van der Waals surface area contributed by atoms with Crippen LogP contribution in [0.2, 0.25) is 0 Å². The van der Waals surface area contributed by atoms with Gasteiger partial charge in [-0.05, 0) is 89.7 Å². The van der Waals surface area contributed by atoms with Gasteiger partial charge in [-0.3, -0.25) is 19.3 Å². The van der Waals surface area contributed by atoms with Gasteiger partial charge in [-0.2, -0.15) is 0 Å². The Bertz CT molecular complexity index is 1340. The average molecular weight is 628 g/mol. The molecule has 1 heterocycles. The molecule has 3 aromatic carbocycles. The highest BCUT2D eigenvalue weighted by atomic mass is 127. The molecule has 37 heavy (non-hydrogen) atoms. The number of rotatable bonds is 9. The number of amides is 3. The lowest BCUT2D eigenvalue weighted by molar-refractivity contribution is -0.127. The van der Waals surface area contributed by atoms with Crippen molar-refractivity contribution in [3.8, 4) is 11.5 Å². The van der Waals surface area contributed by atoms with Crippen LogP contribution < -0.4 is 14.8 Å². The Kier molecular flexibility index (Phi) is 8.88. The molecule has 1 N–H and O–H groups in total. The number of anilines is 1. The van der Waals surface area contributed by atoms with Gasteiger partial charge in [0.05, 0.1) is 15.1 Å². The maximum Gasteiger partial charge on any atom is 0.294 e. The van der Waals surface area contributed by atoms with Crippen LogP contribution in [0.25, 0.3) is 6.08 Å². The van der Waals surface area contributed by atoms with E-state index in [4.69, 9.17) is 9.47 Å². The van der Waals surface area contributed by atoms with Gasteiger partial charge in [0.2, 0.25) is 5.91 Å². The smallest absolute Gasteiger partial charge is 0.294 e. The van der Waals surface area contributed by atoms with Gasteiger partial charge in [-0.25, -0.2) is 0 Å². The zero-order valence-corrected chi connectivity index (χ0v) is 23.3. The van der Waals surface area contributed by atoms with E-state index in [0.29, 0.717) is 36.0 Å². The molecule has 0 unspecified atom stereocenters. The molecule has 0 radical (unpaired) electrons. The Morgan fingerprint density at radius 1 is 1.05 bits per heavy atom. The van der Waals surface area contributed by atoms with Gasteiger partial charge in [0.1, 0.15) is 13.2 Å². The van der Waals surface area contributed by atoms with E-state index >= 15 is 0 Å². The lowest BCUT2D eigenvalue weighted by atomic mass is 10.1. The summed E-state index contributed by atoms with van der Waals surface area (Å²) < 4.78 is 12.7. The Morgan fingerprint density at radius 2 is 1.78 bits per heavy atom. The minimum atomic E-state index is -0.508. The minimum Gasteiger partial charge on any atom is -0.490 e. The summed E-state index contributed by atoms with van der Waals surface area (Å²) in [5.41, 5.74) is 3.39. The molecule has 0 bridgehead atoms. The summed E-state index contributed by atoms with van der Waals surface area (Å²) in [5.74, 6) is 0.213. The van der Waals surface area contributed by atoms with Gasteiger partial charge >= 0.3 is 0 Å². The summed E-state index contributed by atoms with van der Waals surface area (Å²) >= 11 is 2.97. The summed E-state index contributed by atoms with van der Waals surface area (Å²) in [6.45, 7) is 4.30. The number of imide groups is 1. The first-order chi connectivity index (χ1) is 17.8. The SMILES string of the molecule is CCOc1cc(/C=C2\SC(=O)N(CC(=O)Nc3ccc(C)cc3)C2=O)cc(I)c1OCc1ccccc1. The molecule has 9 heteroatoms. The zero-order valence-electron chi connectivity index (χ0n) is 20.3. The molecular weight excluding hydrogens is 603 g/mol. The molecule has 4 rings (SSSR count). The van der Waals surface area contributed by atoms with Crippen LogP contribution in [-0.4, -0.2) is 35.1 Å². The number of carbonyl (C=O) groups is 3. The third-order valence-electron chi connectivity index (χ3n) is 5.37. The minimum absolute atomic E-state index is 0.240. The number of nitrogens with zero attached hydrogens (tertiary/aromatic N) is 1. The van der Waals surface area contributed by atoms with Crippen molar-refractivity contribution in [3.05, 3.63) is 91.9 Å². The van der Waals surface area contributed by atoms with Crippen LogP contribution in [-0.2, 0) is 16.2 Å². The van der Waals surface area contributed by atoms with Crippen LogP contribution in [0.15, 0.2) is 71.6 Å². The van der Waals surface area contributed by atoms with Crippen LogP contribution in [0.5, 0.6) is 11.5 Å². The molecule has 3 aromatic rings. The largest absolute Gasteiger partial charge is 0.490 e. The second-order valence-corrected chi connectivity index (χ2v) is 10.4. The van der Waals surface area contributed by atoms with Gasteiger partial charge < -0.3 is 14.8 Å². The number of hydrogen-bond donors (Lipinski definition) is 1. The van der Waals surface area contributed by atoms with Crippen LogP contribution in [0.3, 0.4) is 0 Å². The summed E-state index contributed by atoms with van der Waals surface area (Å²) in [5, 5.41) is 2.23. The molecule has 0 aromatic heterocycles. The van der Waals surface area contributed by atoms with Crippen molar-refractivity contribution in [2.75, 3.05) is 18.5 Å². The van der Waals surface area contributed by atoms with E-state index < -0.39 is 17.1 Å². The highest BCUT2D eigenvalue weighted by molar-refractivity contribution is 14.1. The van der Waals surface area contributed by atoms with Gasteiger partial charge in [-0.15, -0.1) is 0 Å². The standard InChI is InChI=1S/C28H25IN2O5S/c1-3-35-23-14-20(13-22(29)26(23)36-17-19-7-5-4-6-8-19)15-24-27(33)31(28(34)37-24)16-25(32)30-21-11-9-18(2)10-12-21/h4-15H,3,16-17H2,1-2H3,(H,30,32)/b24-15-. The molecular formula is C28H25IN2O5S.